The molecular formula is C11H17BClNO3. The standard InChI is InChI=1S/C11H16BNO3.ClH/c14-12(15)11-3-1-10(2-4-11)9-13-5-7-16-8-6-13;/h1-4,14-15H,5-9H2;1H. The van der Waals surface area contributed by atoms with E-state index < -0.39 is 7.12 Å². The smallest absolute Gasteiger partial charge is 0.423 e. The lowest BCUT2D eigenvalue weighted by Gasteiger charge is -2.26. The molecule has 1 aromatic rings. The molecule has 1 aliphatic heterocycles. The van der Waals surface area contributed by atoms with E-state index in [-0.39, 0.29) is 12.4 Å². The second-order valence-corrected chi connectivity index (χ2v) is 4.00. The van der Waals surface area contributed by atoms with Gasteiger partial charge in [-0.1, -0.05) is 24.3 Å². The van der Waals surface area contributed by atoms with Crippen LogP contribution in [-0.2, 0) is 11.3 Å². The molecule has 1 heterocycles. The van der Waals surface area contributed by atoms with Gasteiger partial charge in [0.25, 0.3) is 0 Å². The number of rotatable bonds is 3. The van der Waals surface area contributed by atoms with Gasteiger partial charge in [-0.15, -0.1) is 12.4 Å². The third-order valence-electron chi connectivity index (χ3n) is 2.79. The fourth-order valence-electron chi connectivity index (χ4n) is 1.81. The van der Waals surface area contributed by atoms with E-state index in [1.807, 2.05) is 12.1 Å². The van der Waals surface area contributed by atoms with Gasteiger partial charge < -0.3 is 14.8 Å². The molecule has 1 aliphatic rings. The van der Waals surface area contributed by atoms with Crippen LogP contribution in [0.2, 0.25) is 0 Å². The molecule has 0 bridgehead atoms. The van der Waals surface area contributed by atoms with Gasteiger partial charge in [-0.05, 0) is 11.0 Å². The number of halogens is 1. The number of nitrogens with zero attached hydrogens (tertiary/aromatic N) is 1. The summed E-state index contributed by atoms with van der Waals surface area (Å²) in [4.78, 5) is 2.33. The van der Waals surface area contributed by atoms with Crippen LogP contribution in [0.25, 0.3) is 0 Å². The van der Waals surface area contributed by atoms with Gasteiger partial charge >= 0.3 is 7.12 Å². The number of ether oxygens (including phenoxy) is 1. The van der Waals surface area contributed by atoms with Crippen molar-refractivity contribution < 1.29 is 14.8 Å². The summed E-state index contributed by atoms with van der Waals surface area (Å²) >= 11 is 0. The lowest BCUT2D eigenvalue weighted by Crippen LogP contribution is -2.36. The first kappa shape index (κ1) is 14.5. The maximum Gasteiger partial charge on any atom is 0.488 e. The van der Waals surface area contributed by atoms with Crippen LogP contribution in [0, 0.1) is 0 Å². The van der Waals surface area contributed by atoms with Crippen molar-refractivity contribution in [2.75, 3.05) is 26.3 Å². The Labute approximate surface area is 108 Å². The van der Waals surface area contributed by atoms with E-state index in [1.54, 1.807) is 12.1 Å². The number of morpholine rings is 1. The van der Waals surface area contributed by atoms with Gasteiger partial charge in [0.2, 0.25) is 0 Å². The van der Waals surface area contributed by atoms with Gasteiger partial charge in [-0.3, -0.25) is 4.90 Å². The molecular weight excluding hydrogens is 240 g/mol. The summed E-state index contributed by atoms with van der Waals surface area (Å²) < 4.78 is 5.28. The zero-order chi connectivity index (χ0) is 11.4. The van der Waals surface area contributed by atoms with Crippen LogP contribution in [0.4, 0.5) is 0 Å². The van der Waals surface area contributed by atoms with Crippen molar-refractivity contribution in [3.05, 3.63) is 29.8 Å². The van der Waals surface area contributed by atoms with Crippen LogP contribution in [0.15, 0.2) is 24.3 Å². The molecule has 2 rings (SSSR count). The van der Waals surface area contributed by atoms with Crippen molar-refractivity contribution in [1.82, 2.24) is 4.90 Å². The molecule has 0 spiro atoms. The minimum Gasteiger partial charge on any atom is -0.423 e. The van der Waals surface area contributed by atoms with Gasteiger partial charge in [0, 0.05) is 19.6 Å². The third kappa shape index (κ3) is 4.29. The molecule has 0 saturated carbocycles. The molecule has 4 nitrogen and oxygen atoms in total. The normalized spacial score (nSPS) is 16.4. The van der Waals surface area contributed by atoms with Crippen LogP contribution in [0.3, 0.4) is 0 Å². The zero-order valence-electron chi connectivity index (χ0n) is 9.58. The Kier molecular flexibility index (Phi) is 5.95. The van der Waals surface area contributed by atoms with E-state index in [1.165, 1.54) is 5.56 Å². The first-order valence-electron chi connectivity index (χ1n) is 5.51. The quantitative estimate of drug-likeness (QED) is 0.725. The molecule has 0 radical (unpaired) electrons. The highest BCUT2D eigenvalue weighted by Gasteiger charge is 2.12. The van der Waals surface area contributed by atoms with Crippen LogP contribution in [0.1, 0.15) is 5.56 Å². The maximum atomic E-state index is 8.96. The Morgan fingerprint density at radius 2 is 1.71 bits per heavy atom. The van der Waals surface area contributed by atoms with Crippen LogP contribution in [0.5, 0.6) is 0 Å². The molecule has 0 aromatic heterocycles. The molecule has 0 atom stereocenters. The monoisotopic (exact) mass is 257 g/mol. The Morgan fingerprint density at radius 3 is 2.24 bits per heavy atom. The Hall–Kier alpha value is -0.585. The highest BCUT2D eigenvalue weighted by molar-refractivity contribution is 6.58. The van der Waals surface area contributed by atoms with Crippen LogP contribution < -0.4 is 5.46 Å². The minimum absolute atomic E-state index is 0. The molecule has 6 heteroatoms. The summed E-state index contributed by atoms with van der Waals surface area (Å²) in [6, 6.07) is 7.37. The van der Waals surface area contributed by atoms with Crippen LogP contribution >= 0.6 is 12.4 Å². The molecule has 17 heavy (non-hydrogen) atoms. The van der Waals surface area contributed by atoms with E-state index in [4.69, 9.17) is 14.8 Å². The largest absolute Gasteiger partial charge is 0.488 e. The van der Waals surface area contributed by atoms with Crippen molar-refractivity contribution in [3.63, 3.8) is 0 Å². The van der Waals surface area contributed by atoms with Crippen molar-refractivity contribution in [2.24, 2.45) is 0 Å². The average Bonchev–Trinajstić information content (AvgIpc) is 2.31. The molecule has 0 aliphatic carbocycles. The van der Waals surface area contributed by atoms with Crippen molar-refractivity contribution in [1.29, 1.82) is 0 Å². The topological polar surface area (TPSA) is 52.9 Å². The van der Waals surface area contributed by atoms with E-state index in [9.17, 15) is 0 Å². The first-order chi connectivity index (χ1) is 7.75. The molecule has 1 fully saturated rings. The molecule has 1 saturated heterocycles. The third-order valence-corrected chi connectivity index (χ3v) is 2.79. The van der Waals surface area contributed by atoms with E-state index in [0.29, 0.717) is 5.46 Å². The Morgan fingerprint density at radius 1 is 1.12 bits per heavy atom. The Bertz CT molecular complexity index is 328. The van der Waals surface area contributed by atoms with Gasteiger partial charge in [0.15, 0.2) is 0 Å². The minimum atomic E-state index is -1.38. The molecule has 94 valence electrons. The van der Waals surface area contributed by atoms with Crippen molar-refractivity contribution in [3.8, 4) is 0 Å². The van der Waals surface area contributed by atoms with Gasteiger partial charge in [-0.2, -0.15) is 0 Å². The van der Waals surface area contributed by atoms with E-state index in [2.05, 4.69) is 4.90 Å². The maximum absolute atomic E-state index is 8.96. The van der Waals surface area contributed by atoms with E-state index in [0.717, 1.165) is 32.8 Å². The van der Waals surface area contributed by atoms with Crippen molar-refractivity contribution >= 4 is 25.0 Å². The van der Waals surface area contributed by atoms with E-state index >= 15 is 0 Å². The highest BCUT2D eigenvalue weighted by Crippen LogP contribution is 2.05. The fraction of sp³-hybridized carbons (Fsp3) is 0.455. The average molecular weight is 258 g/mol. The zero-order valence-corrected chi connectivity index (χ0v) is 10.4. The predicted octanol–water partition coefficient (Wildman–Crippen LogP) is -0.380. The number of hydrogen-bond donors (Lipinski definition) is 2. The van der Waals surface area contributed by atoms with Crippen LogP contribution in [-0.4, -0.2) is 48.4 Å². The van der Waals surface area contributed by atoms with Gasteiger partial charge in [0.1, 0.15) is 0 Å². The molecule has 1 aromatic carbocycles. The van der Waals surface area contributed by atoms with Crippen molar-refractivity contribution in [2.45, 2.75) is 6.54 Å². The summed E-state index contributed by atoms with van der Waals surface area (Å²) in [6.07, 6.45) is 0. The Balaban J connectivity index is 0.00000144. The van der Waals surface area contributed by atoms with Gasteiger partial charge in [0.05, 0.1) is 13.2 Å². The number of benzene rings is 1. The lowest BCUT2D eigenvalue weighted by atomic mass is 9.80. The summed E-state index contributed by atoms with van der Waals surface area (Å²) in [5.41, 5.74) is 1.72. The summed E-state index contributed by atoms with van der Waals surface area (Å²) in [6.45, 7) is 4.42. The van der Waals surface area contributed by atoms with Gasteiger partial charge in [-0.25, -0.2) is 0 Å². The first-order valence-corrected chi connectivity index (χ1v) is 5.51. The fourth-order valence-corrected chi connectivity index (χ4v) is 1.81. The summed E-state index contributed by atoms with van der Waals surface area (Å²) in [7, 11) is -1.38. The second-order valence-electron chi connectivity index (χ2n) is 4.00. The molecule has 0 amide bonds. The summed E-state index contributed by atoms with van der Waals surface area (Å²) in [5.74, 6) is 0. The SMILES string of the molecule is Cl.OB(O)c1ccc(CN2CCOCC2)cc1. The lowest BCUT2D eigenvalue weighted by molar-refractivity contribution is 0.0342. The predicted molar refractivity (Wildman–Crippen MR) is 69.6 cm³/mol. The second kappa shape index (κ2) is 6.98. The number of hydrogen-bond acceptors (Lipinski definition) is 4. The highest BCUT2D eigenvalue weighted by atomic mass is 35.5. The summed E-state index contributed by atoms with van der Waals surface area (Å²) in [5, 5.41) is 17.9. The molecule has 2 N–H and O–H groups in total. The molecule has 0 unspecified atom stereocenters.